The van der Waals surface area contributed by atoms with Crippen molar-refractivity contribution in [1.29, 1.82) is 0 Å². The molecule has 1 heterocycles. The van der Waals surface area contributed by atoms with Crippen LogP contribution in [0.1, 0.15) is 18.1 Å². The van der Waals surface area contributed by atoms with Crippen LogP contribution < -0.4 is 10.6 Å². The number of amides is 4. The lowest BCUT2D eigenvalue weighted by atomic mass is 9.92. The molecule has 1 aliphatic heterocycles. The largest absolute Gasteiger partial charge is 0.325 e. The van der Waals surface area contributed by atoms with Crippen molar-refractivity contribution in [1.82, 2.24) is 10.2 Å². The summed E-state index contributed by atoms with van der Waals surface area (Å²) < 4.78 is 1.05. The number of nitrogens with zero attached hydrogens (tertiary/aromatic N) is 1. The van der Waals surface area contributed by atoms with Gasteiger partial charge in [-0.3, -0.25) is 14.5 Å². The van der Waals surface area contributed by atoms with Crippen molar-refractivity contribution in [2.45, 2.75) is 19.4 Å². The topological polar surface area (TPSA) is 78.5 Å². The molecule has 2 aromatic carbocycles. The molecule has 0 spiro atoms. The van der Waals surface area contributed by atoms with E-state index in [9.17, 15) is 14.4 Å². The van der Waals surface area contributed by atoms with Gasteiger partial charge in [0.15, 0.2) is 0 Å². The number of carbonyl (C=O) groups excluding carboxylic acids is 3. The number of halogens is 2. The fraction of sp³-hybridized carbons (Fsp3) is 0.211. The van der Waals surface area contributed by atoms with Gasteiger partial charge >= 0.3 is 6.03 Å². The predicted octanol–water partition coefficient (Wildman–Crippen LogP) is 3.66. The summed E-state index contributed by atoms with van der Waals surface area (Å²) in [5.74, 6) is -0.924. The first-order valence-corrected chi connectivity index (χ1v) is 9.62. The maximum absolute atomic E-state index is 12.9. The Morgan fingerprint density at radius 2 is 1.89 bits per heavy atom. The number of rotatable bonds is 4. The zero-order valence-electron chi connectivity index (χ0n) is 14.7. The third kappa shape index (κ3) is 3.93. The second kappa shape index (κ2) is 7.47. The van der Waals surface area contributed by atoms with E-state index in [4.69, 9.17) is 11.6 Å². The first-order valence-electron chi connectivity index (χ1n) is 8.17. The van der Waals surface area contributed by atoms with Crippen LogP contribution in [0.5, 0.6) is 0 Å². The first-order chi connectivity index (χ1) is 12.7. The van der Waals surface area contributed by atoms with Gasteiger partial charge in [-0.1, -0.05) is 23.7 Å². The first kappa shape index (κ1) is 19.6. The van der Waals surface area contributed by atoms with Crippen molar-refractivity contribution in [3.8, 4) is 0 Å². The molecule has 0 radical (unpaired) electrons. The molecule has 0 bridgehead atoms. The van der Waals surface area contributed by atoms with Crippen LogP contribution in [0.2, 0.25) is 5.02 Å². The SMILES string of the molecule is Cc1cc(I)ccc1NC(=O)CN1C(=O)NC(C)(c2ccc(Cl)cc2)C1=O. The Balaban J connectivity index is 1.75. The Bertz CT molecular complexity index is 932. The van der Waals surface area contributed by atoms with Gasteiger partial charge < -0.3 is 10.6 Å². The standard InChI is InChI=1S/C19H17ClIN3O3/c1-11-9-14(21)7-8-15(11)22-16(25)10-24-17(26)19(2,23-18(24)27)12-3-5-13(20)6-4-12/h3-9H,10H2,1-2H3,(H,22,25)(H,23,27). The van der Waals surface area contributed by atoms with Gasteiger partial charge in [0.1, 0.15) is 12.1 Å². The fourth-order valence-electron chi connectivity index (χ4n) is 2.92. The summed E-state index contributed by atoms with van der Waals surface area (Å²) in [5.41, 5.74) is 0.911. The number of hydrogen-bond donors (Lipinski definition) is 2. The number of imide groups is 1. The van der Waals surface area contributed by atoms with E-state index < -0.39 is 23.4 Å². The fourth-order valence-corrected chi connectivity index (χ4v) is 3.69. The van der Waals surface area contributed by atoms with Crippen LogP contribution in [0.15, 0.2) is 42.5 Å². The molecule has 3 rings (SSSR count). The van der Waals surface area contributed by atoms with Crippen LogP contribution >= 0.6 is 34.2 Å². The van der Waals surface area contributed by atoms with E-state index in [1.54, 1.807) is 37.3 Å². The second-order valence-corrected chi connectivity index (χ2v) is 8.14. The molecule has 8 heteroatoms. The molecule has 140 valence electrons. The molecule has 2 aromatic rings. The average Bonchev–Trinajstić information content (AvgIpc) is 2.82. The minimum absolute atomic E-state index is 0.362. The van der Waals surface area contributed by atoms with E-state index >= 15 is 0 Å². The Labute approximate surface area is 175 Å². The van der Waals surface area contributed by atoms with E-state index in [0.717, 1.165) is 14.0 Å². The van der Waals surface area contributed by atoms with Gasteiger partial charge in [0.05, 0.1) is 0 Å². The predicted molar refractivity (Wildman–Crippen MR) is 112 cm³/mol. The van der Waals surface area contributed by atoms with Crippen LogP contribution in [0.25, 0.3) is 0 Å². The van der Waals surface area contributed by atoms with Gasteiger partial charge in [0.25, 0.3) is 5.91 Å². The Hall–Kier alpha value is -2.13. The molecule has 0 aromatic heterocycles. The molecule has 0 saturated carbocycles. The second-order valence-electron chi connectivity index (χ2n) is 6.46. The quantitative estimate of drug-likeness (QED) is 0.500. The summed E-state index contributed by atoms with van der Waals surface area (Å²) in [4.78, 5) is 38.5. The molecule has 1 atom stereocenters. The average molecular weight is 498 g/mol. The Morgan fingerprint density at radius 3 is 2.52 bits per heavy atom. The number of benzene rings is 2. The summed E-state index contributed by atoms with van der Waals surface area (Å²) in [5, 5.41) is 5.94. The lowest BCUT2D eigenvalue weighted by Crippen LogP contribution is -2.42. The van der Waals surface area contributed by atoms with Gasteiger partial charge in [-0.25, -0.2) is 4.79 Å². The molecule has 1 saturated heterocycles. The van der Waals surface area contributed by atoms with Crippen molar-refractivity contribution in [2.75, 3.05) is 11.9 Å². The minimum Gasteiger partial charge on any atom is -0.324 e. The number of urea groups is 1. The molecule has 4 amide bonds. The van der Waals surface area contributed by atoms with Gasteiger partial charge in [-0.2, -0.15) is 0 Å². The van der Waals surface area contributed by atoms with E-state index in [1.807, 2.05) is 19.1 Å². The molecular formula is C19H17ClIN3O3. The van der Waals surface area contributed by atoms with Gasteiger partial charge in [0, 0.05) is 14.3 Å². The van der Waals surface area contributed by atoms with Crippen LogP contribution in [0.4, 0.5) is 10.5 Å². The zero-order chi connectivity index (χ0) is 19.8. The normalized spacial score (nSPS) is 19.2. The summed E-state index contributed by atoms with van der Waals surface area (Å²) in [6, 6.07) is 11.6. The van der Waals surface area contributed by atoms with Crippen molar-refractivity contribution < 1.29 is 14.4 Å². The molecule has 2 N–H and O–H groups in total. The summed E-state index contributed by atoms with van der Waals surface area (Å²) >= 11 is 8.08. The Morgan fingerprint density at radius 1 is 1.22 bits per heavy atom. The summed E-state index contributed by atoms with van der Waals surface area (Å²) in [7, 11) is 0. The minimum atomic E-state index is -1.24. The zero-order valence-corrected chi connectivity index (χ0v) is 17.6. The van der Waals surface area contributed by atoms with E-state index in [0.29, 0.717) is 16.3 Å². The van der Waals surface area contributed by atoms with Crippen LogP contribution in [-0.4, -0.2) is 29.3 Å². The van der Waals surface area contributed by atoms with E-state index in [1.165, 1.54) is 0 Å². The molecule has 6 nitrogen and oxygen atoms in total. The van der Waals surface area contributed by atoms with E-state index in [-0.39, 0.29) is 6.54 Å². The van der Waals surface area contributed by atoms with E-state index in [2.05, 4.69) is 33.2 Å². The highest BCUT2D eigenvalue weighted by Crippen LogP contribution is 2.29. The highest BCUT2D eigenvalue weighted by Gasteiger charge is 2.49. The van der Waals surface area contributed by atoms with Gasteiger partial charge in [-0.05, 0) is 77.9 Å². The smallest absolute Gasteiger partial charge is 0.324 e. The molecule has 1 unspecified atom stereocenters. The number of aryl methyl sites for hydroxylation is 1. The third-order valence-corrected chi connectivity index (χ3v) is 5.38. The molecular weight excluding hydrogens is 481 g/mol. The van der Waals surface area contributed by atoms with Crippen molar-refractivity contribution in [3.05, 3.63) is 62.2 Å². The monoisotopic (exact) mass is 497 g/mol. The van der Waals surface area contributed by atoms with Crippen molar-refractivity contribution in [3.63, 3.8) is 0 Å². The van der Waals surface area contributed by atoms with Crippen LogP contribution in [0, 0.1) is 10.5 Å². The Kier molecular flexibility index (Phi) is 5.43. The molecule has 0 aliphatic carbocycles. The van der Waals surface area contributed by atoms with Crippen LogP contribution in [0.3, 0.4) is 0 Å². The highest BCUT2D eigenvalue weighted by molar-refractivity contribution is 14.1. The van der Waals surface area contributed by atoms with Crippen molar-refractivity contribution >= 4 is 57.7 Å². The number of nitrogens with one attached hydrogen (secondary N) is 2. The van der Waals surface area contributed by atoms with Crippen LogP contribution in [-0.2, 0) is 15.1 Å². The number of hydrogen-bond acceptors (Lipinski definition) is 3. The number of anilines is 1. The molecule has 1 aliphatic rings. The lowest BCUT2D eigenvalue weighted by Gasteiger charge is -2.22. The highest BCUT2D eigenvalue weighted by atomic mass is 127. The maximum atomic E-state index is 12.9. The third-order valence-electron chi connectivity index (χ3n) is 4.46. The lowest BCUT2D eigenvalue weighted by molar-refractivity contribution is -0.133. The van der Waals surface area contributed by atoms with Gasteiger partial charge in [0.2, 0.25) is 5.91 Å². The maximum Gasteiger partial charge on any atom is 0.325 e. The van der Waals surface area contributed by atoms with Crippen molar-refractivity contribution in [2.24, 2.45) is 0 Å². The summed E-state index contributed by atoms with van der Waals surface area (Å²) in [6.45, 7) is 3.13. The molecule has 27 heavy (non-hydrogen) atoms. The van der Waals surface area contributed by atoms with Gasteiger partial charge in [-0.15, -0.1) is 0 Å². The number of carbonyl (C=O) groups is 3. The molecule has 1 fully saturated rings. The summed E-state index contributed by atoms with van der Waals surface area (Å²) in [6.07, 6.45) is 0.